The Labute approximate surface area is 99.8 Å². The molecule has 0 atom stereocenters. The topological polar surface area (TPSA) is 9.23 Å². The second-order valence-corrected chi connectivity index (χ2v) is 4.18. The van der Waals surface area contributed by atoms with Crippen LogP contribution in [-0.2, 0) is 11.2 Å². The van der Waals surface area contributed by atoms with Gasteiger partial charge in [0.15, 0.2) is 0 Å². The fourth-order valence-electron chi connectivity index (χ4n) is 1.69. The summed E-state index contributed by atoms with van der Waals surface area (Å²) in [5.74, 6) is 0. The number of rotatable bonds is 9. The van der Waals surface area contributed by atoms with Crippen LogP contribution >= 0.6 is 0 Å². The summed E-state index contributed by atoms with van der Waals surface area (Å²) in [6.07, 6.45) is 7.57. The first-order valence-corrected chi connectivity index (χ1v) is 6.46. The van der Waals surface area contributed by atoms with E-state index in [2.05, 4.69) is 25.1 Å². The van der Waals surface area contributed by atoms with Crippen LogP contribution in [0.3, 0.4) is 0 Å². The van der Waals surface area contributed by atoms with Gasteiger partial charge in [0.1, 0.15) is 0 Å². The van der Waals surface area contributed by atoms with Gasteiger partial charge in [0, 0.05) is 6.61 Å². The predicted octanol–water partition coefficient (Wildman–Crippen LogP) is 4.02. The zero-order valence-corrected chi connectivity index (χ0v) is 10.4. The molecule has 1 radical (unpaired) electrons. The first-order valence-electron chi connectivity index (χ1n) is 6.46. The van der Waals surface area contributed by atoms with Crippen LogP contribution < -0.4 is 0 Å². The van der Waals surface area contributed by atoms with Crippen molar-refractivity contribution >= 4 is 0 Å². The van der Waals surface area contributed by atoms with E-state index in [0.29, 0.717) is 0 Å². The van der Waals surface area contributed by atoms with Crippen molar-refractivity contribution in [3.63, 3.8) is 0 Å². The van der Waals surface area contributed by atoms with Crippen LogP contribution in [0.25, 0.3) is 0 Å². The molecule has 0 aromatic heterocycles. The van der Waals surface area contributed by atoms with Gasteiger partial charge in [-0.2, -0.15) is 0 Å². The van der Waals surface area contributed by atoms with Gasteiger partial charge in [0.2, 0.25) is 0 Å². The fraction of sp³-hybridized carbons (Fsp3) is 0.600. The van der Waals surface area contributed by atoms with Gasteiger partial charge in [-0.05, 0) is 24.5 Å². The van der Waals surface area contributed by atoms with E-state index in [-0.39, 0.29) is 0 Å². The van der Waals surface area contributed by atoms with Crippen LogP contribution in [0.4, 0.5) is 0 Å². The highest BCUT2D eigenvalue weighted by Gasteiger charge is 1.93. The molecular weight excluding hydrogens is 196 g/mol. The standard InChI is InChI=1S/C15H23O/c1-2-3-4-5-9-13-16-14-12-15-10-7-6-8-11-15/h7-8,10-11H,2-5,9,12-14H2,1H3. The molecule has 0 N–H and O–H groups in total. The summed E-state index contributed by atoms with van der Waals surface area (Å²) in [7, 11) is 0. The smallest absolute Gasteiger partial charge is 0.0506 e. The number of ether oxygens (including phenoxy) is 1. The maximum Gasteiger partial charge on any atom is 0.0506 e. The molecule has 0 saturated heterocycles. The van der Waals surface area contributed by atoms with Gasteiger partial charge in [0.05, 0.1) is 6.61 Å². The summed E-state index contributed by atoms with van der Waals surface area (Å²) in [5, 5.41) is 0. The maximum absolute atomic E-state index is 5.61. The van der Waals surface area contributed by atoms with Gasteiger partial charge in [-0.15, -0.1) is 0 Å². The lowest BCUT2D eigenvalue weighted by atomic mass is 10.1. The summed E-state index contributed by atoms with van der Waals surface area (Å²) >= 11 is 0. The Morgan fingerprint density at radius 2 is 1.75 bits per heavy atom. The summed E-state index contributed by atoms with van der Waals surface area (Å²) in [6.45, 7) is 4.01. The van der Waals surface area contributed by atoms with Crippen molar-refractivity contribution in [2.45, 2.75) is 45.4 Å². The minimum atomic E-state index is 0.845. The van der Waals surface area contributed by atoms with Crippen LogP contribution in [0.1, 0.15) is 44.6 Å². The SMILES string of the molecule is CCCCCCCOCCc1cc[c]cc1. The third-order valence-corrected chi connectivity index (χ3v) is 2.71. The zero-order valence-electron chi connectivity index (χ0n) is 10.4. The summed E-state index contributed by atoms with van der Waals surface area (Å²) < 4.78 is 5.61. The molecule has 1 nitrogen and oxygen atoms in total. The Morgan fingerprint density at radius 3 is 2.50 bits per heavy atom. The van der Waals surface area contributed by atoms with Gasteiger partial charge in [-0.25, -0.2) is 0 Å². The van der Waals surface area contributed by atoms with Gasteiger partial charge in [0.25, 0.3) is 0 Å². The largest absolute Gasteiger partial charge is 0.381 e. The molecule has 1 rings (SSSR count). The molecule has 0 aliphatic heterocycles. The molecule has 0 saturated carbocycles. The molecule has 0 heterocycles. The molecule has 0 aliphatic carbocycles. The minimum Gasteiger partial charge on any atom is -0.381 e. The third kappa shape index (κ3) is 6.62. The third-order valence-electron chi connectivity index (χ3n) is 2.71. The number of unbranched alkanes of at least 4 members (excludes halogenated alkanes) is 4. The quantitative estimate of drug-likeness (QED) is 0.570. The van der Waals surface area contributed by atoms with Crippen LogP contribution in [0.5, 0.6) is 0 Å². The fourth-order valence-corrected chi connectivity index (χ4v) is 1.69. The molecular formula is C15H23O. The zero-order chi connectivity index (χ0) is 11.5. The Morgan fingerprint density at radius 1 is 1.00 bits per heavy atom. The average Bonchev–Trinajstić information content (AvgIpc) is 2.34. The Hall–Kier alpha value is -0.820. The van der Waals surface area contributed by atoms with Crippen molar-refractivity contribution in [2.24, 2.45) is 0 Å². The van der Waals surface area contributed by atoms with Crippen molar-refractivity contribution < 1.29 is 4.74 Å². The Kier molecular flexibility index (Phi) is 7.79. The molecule has 0 unspecified atom stereocenters. The van der Waals surface area contributed by atoms with Gasteiger partial charge < -0.3 is 4.74 Å². The first kappa shape index (κ1) is 13.2. The second kappa shape index (κ2) is 9.41. The Balaban J connectivity index is 1.89. The maximum atomic E-state index is 5.61. The molecule has 0 amide bonds. The van der Waals surface area contributed by atoms with E-state index in [4.69, 9.17) is 4.74 Å². The van der Waals surface area contributed by atoms with Crippen molar-refractivity contribution in [2.75, 3.05) is 13.2 Å². The minimum absolute atomic E-state index is 0.845. The van der Waals surface area contributed by atoms with Crippen molar-refractivity contribution in [1.82, 2.24) is 0 Å². The molecule has 89 valence electrons. The number of benzene rings is 1. The summed E-state index contributed by atoms with van der Waals surface area (Å²) in [4.78, 5) is 0. The van der Waals surface area contributed by atoms with E-state index >= 15 is 0 Å². The highest BCUT2D eigenvalue weighted by molar-refractivity contribution is 5.13. The van der Waals surface area contributed by atoms with E-state index in [1.807, 2.05) is 12.1 Å². The van der Waals surface area contributed by atoms with Crippen LogP contribution in [0.2, 0.25) is 0 Å². The van der Waals surface area contributed by atoms with E-state index in [0.717, 1.165) is 19.6 Å². The normalized spacial score (nSPS) is 10.6. The van der Waals surface area contributed by atoms with Crippen LogP contribution in [0.15, 0.2) is 24.3 Å². The first-order chi connectivity index (χ1) is 7.93. The summed E-state index contributed by atoms with van der Waals surface area (Å²) in [5.41, 5.74) is 1.34. The number of hydrogen-bond donors (Lipinski definition) is 0. The molecule has 0 bridgehead atoms. The van der Waals surface area contributed by atoms with Crippen molar-refractivity contribution in [3.8, 4) is 0 Å². The molecule has 0 fully saturated rings. The van der Waals surface area contributed by atoms with Crippen LogP contribution in [0, 0.1) is 6.07 Å². The molecule has 16 heavy (non-hydrogen) atoms. The monoisotopic (exact) mass is 219 g/mol. The van der Waals surface area contributed by atoms with Crippen molar-refractivity contribution in [1.29, 1.82) is 0 Å². The van der Waals surface area contributed by atoms with Gasteiger partial charge in [-0.1, -0.05) is 56.9 Å². The van der Waals surface area contributed by atoms with Crippen molar-refractivity contribution in [3.05, 3.63) is 35.9 Å². The summed E-state index contributed by atoms with van der Waals surface area (Å²) in [6, 6.07) is 11.1. The highest BCUT2D eigenvalue weighted by atomic mass is 16.5. The lowest BCUT2D eigenvalue weighted by Crippen LogP contribution is -2.00. The average molecular weight is 219 g/mol. The number of hydrogen-bond acceptors (Lipinski definition) is 1. The highest BCUT2D eigenvalue weighted by Crippen LogP contribution is 2.03. The van der Waals surface area contributed by atoms with E-state index in [1.54, 1.807) is 0 Å². The molecule has 1 aromatic rings. The lowest BCUT2D eigenvalue weighted by Gasteiger charge is -2.04. The van der Waals surface area contributed by atoms with Gasteiger partial charge >= 0.3 is 0 Å². The molecule has 0 spiro atoms. The van der Waals surface area contributed by atoms with Crippen LogP contribution in [-0.4, -0.2) is 13.2 Å². The van der Waals surface area contributed by atoms with Gasteiger partial charge in [-0.3, -0.25) is 0 Å². The predicted molar refractivity (Wildman–Crippen MR) is 68.6 cm³/mol. The molecule has 0 aliphatic rings. The van der Waals surface area contributed by atoms with E-state index < -0.39 is 0 Å². The molecule has 1 heteroatoms. The second-order valence-electron chi connectivity index (χ2n) is 4.18. The molecule has 1 aromatic carbocycles. The van der Waals surface area contributed by atoms with E-state index in [9.17, 15) is 0 Å². The van der Waals surface area contributed by atoms with E-state index in [1.165, 1.54) is 37.7 Å². The Bertz CT molecular complexity index is 243. The lowest BCUT2D eigenvalue weighted by molar-refractivity contribution is 0.133.